The zero-order valence-corrected chi connectivity index (χ0v) is 17.0. The zero-order valence-electron chi connectivity index (χ0n) is 16.2. The molecule has 1 aliphatic carbocycles. The fourth-order valence-corrected chi connectivity index (χ4v) is 4.30. The molecule has 0 saturated heterocycles. The van der Waals surface area contributed by atoms with Gasteiger partial charge >= 0.3 is 6.03 Å². The summed E-state index contributed by atoms with van der Waals surface area (Å²) in [6, 6.07) is 7.36. The van der Waals surface area contributed by atoms with E-state index in [0.29, 0.717) is 30.4 Å². The summed E-state index contributed by atoms with van der Waals surface area (Å²) in [5.41, 5.74) is 0.609. The van der Waals surface area contributed by atoms with Gasteiger partial charge in [0.25, 0.3) is 0 Å². The molecule has 28 heavy (non-hydrogen) atoms. The van der Waals surface area contributed by atoms with Gasteiger partial charge in [-0.15, -0.1) is 0 Å². The summed E-state index contributed by atoms with van der Waals surface area (Å²) in [6.45, 7) is 0.402. The number of ether oxygens (including phenoxy) is 1. The number of aromatic hydroxyl groups is 1. The molecule has 152 valence electrons. The van der Waals surface area contributed by atoms with E-state index < -0.39 is 0 Å². The van der Waals surface area contributed by atoms with Gasteiger partial charge in [0.15, 0.2) is 5.13 Å². The van der Waals surface area contributed by atoms with Crippen molar-refractivity contribution in [2.45, 2.75) is 51.0 Å². The molecule has 1 aliphatic rings. The summed E-state index contributed by atoms with van der Waals surface area (Å²) in [7, 11) is 1.56. The van der Waals surface area contributed by atoms with E-state index in [4.69, 9.17) is 4.74 Å². The third-order valence-electron chi connectivity index (χ3n) is 4.85. The highest BCUT2D eigenvalue weighted by atomic mass is 32.1. The number of amides is 2. The Labute approximate surface area is 169 Å². The van der Waals surface area contributed by atoms with Crippen LogP contribution in [0.2, 0.25) is 0 Å². The molecule has 2 aromatic rings. The van der Waals surface area contributed by atoms with Crippen molar-refractivity contribution < 1.29 is 14.6 Å². The molecular formula is C20H28N4O3S. The standard InChI is InChI=1S/C20H28N4O3S/c1-27-16-11-7-6-10-15(16)23-19(26)21-13-12-17-18(25)24-20(28-17)22-14-8-4-2-3-5-9-14/h6-7,10-11,14,25H,2-5,8-9,12-13H2,1H3,(H,22,24)(H2,21,23,26). The summed E-state index contributed by atoms with van der Waals surface area (Å²) in [5.74, 6) is 0.653. The van der Waals surface area contributed by atoms with Gasteiger partial charge in [-0.1, -0.05) is 49.2 Å². The number of para-hydroxylation sites is 2. The number of urea groups is 1. The average molecular weight is 405 g/mol. The van der Waals surface area contributed by atoms with E-state index >= 15 is 0 Å². The number of rotatable bonds is 7. The maximum atomic E-state index is 12.1. The second-order valence-corrected chi connectivity index (χ2v) is 8.01. The van der Waals surface area contributed by atoms with Crippen molar-refractivity contribution in [1.82, 2.24) is 10.3 Å². The fourth-order valence-electron chi connectivity index (χ4n) is 3.37. The van der Waals surface area contributed by atoms with Crippen molar-refractivity contribution in [3.63, 3.8) is 0 Å². The number of hydrogen-bond acceptors (Lipinski definition) is 6. The minimum atomic E-state index is -0.315. The minimum Gasteiger partial charge on any atom is -0.495 e. The van der Waals surface area contributed by atoms with Crippen molar-refractivity contribution in [2.24, 2.45) is 0 Å². The molecule has 0 bridgehead atoms. The second-order valence-electron chi connectivity index (χ2n) is 6.93. The van der Waals surface area contributed by atoms with Gasteiger partial charge in [0, 0.05) is 19.0 Å². The molecule has 4 N–H and O–H groups in total. The molecule has 0 radical (unpaired) electrons. The molecule has 7 nitrogen and oxygen atoms in total. The quantitative estimate of drug-likeness (QED) is 0.515. The minimum absolute atomic E-state index is 0.0491. The lowest BCUT2D eigenvalue weighted by atomic mass is 10.1. The molecule has 1 heterocycles. The molecule has 1 saturated carbocycles. The molecule has 1 aromatic heterocycles. The van der Waals surface area contributed by atoms with Gasteiger partial charge in [-0.3, -0.25) is 0 Å². The molecule has 1 fully saturated rings. The largest absolute Gasteiger partial charge is 0.495 e. The highest BCUT2D eigenvalue weighted by Gasteiger charge is 2.16. The van der Waals surface area contributed by atoms with Crippen LogP contribution in [0.1, 0.15) is 43.4 Å². The first-order valence-electron chi connectivity index (χ1n) is 9.79. The van der Waals surface area contributed by atoms with Crippen LogP contribution in [-0.4, -0.2) is 35.8 Å². The van der Waals surface area contributed by atoms with Crippen LogP contribution in [0.5, 0.6) is 11.6 Å². The van der Waals surface area contributed by atoms with E-state index in [9.17, 15) is 9.90 Å². The number of thiazole rings is 1. The van der Waals surface area contributed by atoms with Gasteiger partial charge in [0.1, 0.15) is 5.75 Å². The third-order valence-corrected chi connectivity index (χ3v) is 5.89. The first kappa shape index (κ1) is 20.3. The number of benzene rings is 1. The number of carbonyl (C=O) groups excluding carboxylic acids is 1. The van der Waals surface area contributed by atoms with Crippen molar-refractivity contribution in [1.29, 1.82) is 0 Å². The van der Waals surface area contributed by atoms with Crippen LogP contribution in [0.15, 0.2) is 24.3 Å². The van der Waals surface area contributed by atoms with Crippen LogP contribution < -0.4 is 20.7 Å². The Bertz CT molecular complexity index is 773. The van der Waals surface area contributed by atoms with Crippen LogP contribution in [0.3, 0.4) is 0 Å². The Morgan fingerprint density at radius 3 is 2.75 bits per heavy atom. The Hall–Kier alpha value is -2.48. The van der Waals surface area contributed by atoms with Crippen LogP contribution in [0, 0.1) is 0 Å². The van der Waals surface area contributed by atoms with Crippen molar-refractivity contribution in [2.75, 3.05) is 24.3 Å². The van der Waals surface area contributed by atoms with Gasteiger partial charge in [-0.2, -0.15) is 4.98 Å². The van der Waals surface area contributed by atoms with E-state index in [1.165, 1.54) is 37.0 Å². The first-order valence-corrected chi connectivity index (χ1v) is 10.6. The molecule has 0 aliphatic heterocycles. The number of methoxy groups -OCH3 is 1. The Morgan fingerprint density at radius 2 is 2.00 bits per heavy atom. The Kier molecular flexibility index (Phi) is 7.36. The average Bonchev–Trinajstić information content (AvgIpc) is 2.87. The highest BCUT2D eigenvalue weighted by Crippen LogP contribution is 2.30. The molecule has 8 heteroatoms. The topological polar surface area (TPSA) is 95.5 Å². The number of aromatic nitrogens is 1. The number of hydrogen-bond donors (Lipinski definition) is 4. The van der Waals surface area contributed by atoms with Crippen LogP contribution in [-0.2, 0) is 6.42 Å². The predicted octanol–water partition coefficient (Wildman–Crippen LogP) is 4.36. The van der Waals surface area contributed by atoms with Gasteiger partial charge in [-0.25, -0.2) is 4.79 Å². The van der Waals surface area contributed by atoms with Gasteiger partial charge < -0.3 is 25.8 Å². The lowest BCUT2D eigenvalue weighted by Gasteiger charge is -2.14. The van der Waals surface area contributed by atoms with Crippen LogP contribution >= 0.6 is 11.3 Å². The van der Waals surface area contributed by atoms with Gasteiger partial charge in [0.2, 0.25) is 5.88 Å². The molecular weight excluding hydrogens is 376 g/mol. The molecule has 0 unspecified atom stereocenters. The summed E-state index contributed by atoms with van der Waals surface area (Å²) in [4.78, 5) is 17.1. The van der Waals surface area contributed by atoms with E-state index in [-0.39, 0.29) is 11.9 Å². The van der Waals surface area contributed by atoms with Crippen molar-refractivity contribution >= 4 is 28.2 Å². The predicted molar refractivity (Wildman–Crippen MR) is 113 cm³/mol. The van der Waals surface area contributed by atoms with Crippen LogP contribution in [0.4, 0.5) is 15.6 Å². The maximum absolute atomic E-state index is 12.1. The molecule has 1 aromatic carbocycles. The van der Waals surface area contributed by atoms with E-state index in [1.54, 1.807) is 19.2 Å². The summed E-state index contributed by atoms with van der Waals surface area (Å²) >= 11 is 1.46. The summed E-state index contributed by atoms with van der Waals surface area (Å²) in [5, 5.41) is 19.9. The summed E-state index contributed by atoms with van der Waals surface area (Å²) in [6.07, 6.45) is 7.92. The van der Waals surface area contributed by atoms with Gasteiger partial charge in [0.05, 0.1) is 17.7 Å². The lowest BCUT2D eigenvalue weighted by Crippen LogP contribution is -2.30. The number of nitrogens with zero attached hydrogens (tertiary/aromatic N) is 1. The Balaban J connectivity index is 1.46. The summed E-state index contributed by atoms with van der Waals surface area (Å²) < 4.78 is 5.22. The zero-order chi connectivity index (χ0) is 19.8. The van der Waals surface area contributed by atoms with Crippen molar-refractivity contribution in [3.8, 4) is 11.6 Å². The molecule has 0 atom stereocenters. The van der Waals surface area contributed by atoms with Crippen molar-refractivity contribution in [3.05, 3.63) is 29.1 Å². The fraction of sp³-hybridized carbons (Fsp3) is 0.500. The lowest BCUT2D eigenvalue weighted by molar-refractivity contribution is 0.252. The maximum Gasteiger partial charge on any atom is 0.319 e. The Morgan fingerprint density at radius 1 is 1.25 bits per heavy atom. The van der Waals surface area contributed by atoms with Crippen LogP contribution in [0.25, 0.3) is 0 Å². The monoisotopic (exact) mass is 404 g/mol. The SMILES string of the molecule is COc1ccccc1NC(=O)NCCc1sc(NC2CCCCCC2)nc1O. The molecule has 0 spiro atoms. The van der Waals surface area contributed by atoms with E-state index in [0.717, 1.165) is 22.9 Å². The number of carbonyl (C=O) groups is 1. The molecule has 2 amide bonds. The van der Waals surface area contributed by atoms with E-state index in [2.05, 4.69) is 20.9 Å². The third kappa shape index (κ3) is 5.76. The molecule has 3 rings (SSSR count). The normalized spacial score (nSPS) is 14.9. The highest BCUT2D eigenvalue weighted by molar-refractivity contribution is 7.15. The smallest absolute Gasteiger partial charge is 0.319 e. The van der Waals surface area contributed by atoms with Gasteiger partial charge in [-0.05, 0) is 25.0 Å². The first-order chi connectivity index (χ1) is 13.7. The van der Waals surface area contributed by atoms with E-state index in [1.807, 2.05) is 12.1 Å². The number of anilines is 2. The second kappa shape index (κ2) is 10.2. The number of nitrogens with one attached hydrogen (secondary N) is 3.